The van der Waals surface area contributed by atoms with Crippen molar-refractivity contribution in [1.82, 2.24) is 0 Å². The molecule has 0 aliphatic heterocycles. The van der Waals surface area contributed by atoms with Crippen LogP contribution in [0.25, 0.3) is 0 Å². The Bertz CT molecular complexity index is 273. The molecule has 0 heterocycles. The van der Waals surface area contributed by atoms with E-state index in [1.54, 1.807) is 18.2 Å². The molecular weight excluding hydrogens is 208 g/mol. The SMILES string of the molecule is COc1ccccc1C(=O)[O-].[Cu+]. The number of ether oxygens (including phenoxy) is 1. The first kappa shape index (κ1) is 11.0. The molecule has 0 atom stereocenters. The summed E-state index contributed by atoms with van der Waals surface area (Å²) in [6.45, 7) is 0. The molecule has 1 aromatic rings. The van der Waals surface area contributed by atoms with Crippen LogP contribution in [0.15, 0.2) is 24.3 Å². The van der Waals surface area contributed by atoms with Crippen molar-refractivity contribution in [2.24, 2.45) is 0 Å². The maximum atomic E-state index is 10.4. The van der Waals surface area contributed by atoms with E-state index in [-0.39, 0.29) is 22.6 Å². The summed E-state index contributed by atoms with van der Waals surface area (Å²) >= 11 is 0. The van der Waals surface area contributed by atoms with Crippen molar-refractivity contribution < 1.29 is 31.7 Å². The zero-order valence-electron chi connectivity index (χ0n) is 6.34. The van der Waals surface area contributed by atoms with Gasteiger partial charge in [0.05, 0.1) is 13.1 Å². The topological polar surface area (TPSA) is 49.4 Å². The Labute approximate surface area is 80.8 Å². The fraction of sp³-hybridized carbons (Fsp3) is 0.125. The smallest absolute Gasteiger partial charge is 0.545 e. The van der Waals surface area contributed by atoms with Gasteiger partial charge in [-0.05, 0) is 12.1 Å². The number of carboxylic acid groups (broad SMARTS) is 1. The summed E-state index contributed by atoms with van der Waals surface area (Å²) in [6.07, 6.45) is 0. The van der Waals surface area contributed by atoms with Crippen molar-refractivity contribution >= 4 is 5.97 Å². The van der Waals surface area contributed by atoms with Gasteiger partial charge in [-0.1, -0.05) is 12.1 Å². The summed E-state index contributed by atoms with van der Waals surface area (Å²) in [4.78, 5) is 10.4. The Morgan fingerprint density at radius 3 is 2.42 bits per heavy atom. The predicted octanol–water partition coefficient (Wildman–Crippen LogP) is 0.0562. The minimum atomic E-state index is -1.22. The number of carbonyl (C=O) groups is 1. The van der Waals surface area contributed by atoms with Gasteiger partial charge in [-0.15, -0.1) is 0 Å². The van der Waals surface area contributed by atoms with Crippen molar-refractivity contribution in [2.45, 2.75) is 0 Å². The van der Waals surface area contributed by atoms with Crippen LogP contribution in [0.4, 0.5) is 0 Å². The van der Waals surface area contributed by atoms with E-state index in [0.717, 1.165) is 0 Å². The molecule has 0 amide bonds. The molecule has 0 saturated heterocycles. The van der Waals surface area contributed by atoms with E-state index in [9.17, 15) is 9.90 Å². The molecule has 0 aliphatic rings. The van der Waals surface area contributed by atoms with Crippen LogP contribution in [0.3, 0.4) is 0 Å². The second kappa shape index (κ2) is 4.80. The molecule has 68 valence electrons. The third-order valence-electron chi connectivity index (χ3n) is 1.33. The number of rotatable bonds is 2. The number of benzene rings is 1. The van der Waals surface area contributed by atoms with Crippen LogP contribution in [-0.2, 0) is 17.1 Å². The van der Waals surface area contributed by atoms with Gasteiger partial charge in [0.1, 0.15) is 5.75 Å². The second-order valence-corrected chi connectivity index (χ2v) is 1.99. The van der Waals surface area contributed by atoms with Crippen molar-refractivity contribution in [3.63, 3.8) is 0 Å². The Balaban J connectivity index is 0.00000121. The number of para-hydroxylation sites is 1. The van der Waals surface area contributed by atoms with Crippen LogP contribution in [-0.4, -0.2) is 13.1 Å². The summed E-state index contributed by atoms with van der Waals surface area (Å²) in [5.41, 5.74) is 0.0787. The van der Waals surface area contributed by atoms with Gasteiger partial charge in [0, 0.05) is 5.56 Å². The quantitative estimate of drug-likeness (QED) is 0.654. The number of carbonyl (C=O) groups excluding carboxylic acids is 1. The van der Waals surface area contributed by atoms with E-state index in [4.69, 9.17) is 4.74 Å². The number of aromatic carboxylic acids is 1. The average Bonchev–Trinajstić information content (AvgIpc) is 2.04. The van der Waals surface area contributed by atoms with Crippen LogP contribution in [0.2, 0.25) is 0 Å². The van der Waals surface area contributed by atoms with E-state index in [1.807, 2.05) is 0 Å². The van der Waals surface area contributed by atoms with E-state index in [0.29, 0.717) is 5.75 Å². The van der Waals surface area contributed by atoms with Gasteiger partial charge >= 0.3 is 17.1 Å². The minimum absolute atomic E-state index is 0. The van der Waals surface area contributed by atoms with Crippen LogP contribution >= 0.6 is 0 Å². The van der Waals surface area contributed by atoms with Gasteiger partial charge in [0.25, 0.3) is 0 Å². The summed E-state index contributed by atoms with van der Waals surface area (Å²) < 4.78 is 4.79. The first-order valence-corrected chi connectivity index (χ1v) is 3.10. The monoisotopic (exact) mass is 214 g/mol. The zero-order chi connectivity index (χ0) is 8.27. The van der Waals surface area contributed by atoms with Crippen LogP contribution in [0, 0.1) is 0 Å². The molecule has 0 fully saturated rings. The molecule has 1 rings (SSSR count). The van der Waals surface area contributed by atoms with Gasteiger partial charge in [-0.25, -0.2) is 0 Å². The first-order chi connectivity index (χ1) is 5.25. The standard InChI is InChI=1S/C8H8O3.Cu/c1-11-7-5-3-2-4-6(7)8(9)10;/h2-5H,1H3,(H,9,10);/q;+1/p-1. The number of carboxylic acids is 1. The third kappa shape index (κ3) is 2.26. The molecule has 0 radical (unpaired) electrons. The number of methoxy groups -OCH3 is 1. The van der Waals surface area contributed by atoms with Crippen molar-refractivity contribution in [1.29, 1.82) is 0 Å². The molecule has 0 N–H and O–H groups in total. The molecule has 0 bridgehead atoms. The molecule has 0 spiro atoms. The molecule has 0 aliphatic carbocycles. The van der Waals surface area contributed by atoms with Gasteiger partial charge < -0.3 is 14.6 Å². The van der Waals surface area contributed by atoms with Gasteiger partial charge in [-0.3, -0.25) is 0 Å². The summed E-state index contributed by atoms with van der Waals surface area (Å²) in [5, 5.41) is 10.4. The minimum Gasteiger partial charge on any atom is -0.545 e. The van der Waals surface area contributed by atoms with Crippen LogP contribution < -0.4 is 9.84 Å². The number of hydrogen-bond donors (Lipinski definition) is 0. The fourth-order valence-electron chi connectivity index (χ4n) is 0.813. The van der Waals surface area contributed by atoms with Crippen LogP contribution in [0.5, 0.6) is 5.75 Å². The molecule has 12 heavy (non-hydrogen) atoms. The maximum Gasteiger partial charge on any atom is 1.00 e. The molecule has 0 saturated carbocycles. The van der Waals surface area contributed by atoms with Crippen LogP contribution in [0.1, 0.15) is 10.4 Å². The molecule has 0 aromatic heterocycles. The predicted molar refractivity (Wildman–Crippen MR) is 37.3 cm³/mol. The Kier molecular flexibility index (Phi) is 4.40. The van der Waals surface area contributed by atoms with Gasteiger partial charge in [0.15, 0.2) is 0 Å². The van der Waals surface area contributed by atoms with Gasteiger partial charge in [-0.2, -0.15) is 0 Å². The third-order valence-corrected chi connectivity index (χ3v) is 1.33. The summed E-state index contributed by atoms with van der Waals surface area (Å²) in [7, 11) is 1.42. The normalized spacial score (nSPS) is 8.42. The Hall–Kier alpha value is -0.991. The number of hydrogen-bond acceptors (Lipinski definition) is 3. The Morgan fingerprint density at radius 1 is 1.42 bits per heavy atom. The summed E-state index contributed by atoms with van der Waals surface area (Å²) in [5.74, 6) is -0.894. The second-order valence-electron chi connectivity index (χ2n) is 1.99. The summed E-state index contributed by atoms with van der Waals surface area (Å²) in [6, 6.07) is 6.33. The van der Waals surface area contributed by atoms with E-state index in [1.165, 1.54) is 13.2 Å². The van der Waals surface area contributed by atoms with E-state index >= 15 is 0 Å². The van der Waals surface area contributed by atoms with Crippen molar-refractivity contribution in [3.8, 4) is 5.75 Å². The molecule has 3 nitrogen and oxygen atoms in total. The zero-order valence-corrected chi connectivity index (χ0v) is 7.28. The van der Waals surface area contributed by atoms with Gasteiger partial charge in [0.2, 0.25) is 0 Å². The van der Waals surface area contributed by atoms with Crippen molar-refractivity contribution in [2.75, 3.05) is 7.11 Å². The first-order valence-electron chi connectivity index (χ1n) is 3.10. The fourth-order valence-corrected chi connectivity index (χ4v) is 0.813. The van der Waals surface area contributed by atoms with E-state index < -0.39 is 5.97 Å². The average molecular weight is 215 g/mol. The maximum absolute atomic E-state index is 10.4. The van der Waals surface area contributed by atoms with Crippen molar-refractivity contribution in [3.05, 3.63) is 29.8 Å². The largest absolute Gasteiger partial charge is 1.00 e. The molecule has 4 heteroatoms. The molecule has 1 aromatic carbocycles. The van der Waals surface area contributed by atoms with E-state index in [2.05, 4.69) is 0 Å². The molecular formula is C8H7CuO3. The Morgan fingerprint density at radius 2 is 2.00 bits per heavy atom. The molecule has 0 unspecified atom stereocenters.